The fraction of sp³-hybridized carbons (Fsp3) is 0.500. The topological polar surface area (TPSA) is 43.4 Å². The Morgan fingerprint density at radius 3 is 2.38 bits per heavy atom. The molecule has 40 valence electrons. The number of rotatable bonds is 2. The maximum absolute atomic E-state index is 9.93. The summed E-state index contributed by atoms with van der Waals surface area (Å²) in [7, 11) is 1.22. The van der Waals surface area contributed by atoms with Crippen LogP contribution < -0.4 is 51.4 Å². The molecule has 0 aromatic carbocycles. The van der Waals surface area contributed by atoms with Crippen LogP contribution >= 0.6 is 0 Å². The molecule has 0 N–H and O–H groups in total. The van der Waals surface area contributed by atoms with Crippen LogP contribution in [0.25, 0.3) is 0 Å². The smallest absolute Gasteiger partial charge is 0.541 e. The number of hydrogen-bond acceptors (Lipinski definition) is 3. The van der Waals surface area contributed by atoms with Crippen LogP contribution in [0, 0.1) is 0 Å². The van der Waals surface area contributed by atoms with Gasteiger partial charge in [-0.2, -0.15) is 0 Å². The summed E-state index contributed by atoms with van der Waals surface area (Å²) in [6, 6.07) is 0. The molecule has 0 unspecified atom stereocenters. The summed E-state index contributed by atoms with van der Waals surface area (Å²) in [6.45, 7) is 0. The number of ether oxygens (including phenoxy) is 1. The van der Waals surface area contributed by atoms with E-state index in [1.807, 2.05) is 0 Å². The predicted molar refractivity (Wildman–Crippen MR) is 22.3 cm³/mol. The second kappa shape index (κ2) is 7.78. The molecule has 0 aliphatic carbocycles. The number of carbonyl (C=O) groups is 1. The van der Waals surface area contributed by atoms with Crippen molar-refractivity contribution in [2.75, 3.05) is 7.11 Å². The van der Waals surface area contributed by atoms with Gasteiger partial charge in [-0.25, -0.2) is 0 Å². The molecule has 0 aliphatic rings. The van der Waals surface area contributed by atoms with Crippen molar-refractivity contribution in [1.29, 1.82) is 0 Å². The first-order valence-corrected chi connectivity index (χ1v) is 1.73. The van der Waals surface area contributed by atoms with Crippen molar-refractivity contribution in [3.8, 4) is 0 Å². The Morgan fingerprint density at radius 1 is 1.75 bits per heavy atom. The van der Waals surface area contributed by atoms with Gasteiger partial charge in [-0.05, 0) is 0 Å². The largest absolute Gasteiger partial charge is 1.00 e. The summed E-state index contributed by atoms with van der Waals surface area (Å²) in [5, 5.41) is 0. The van der Waals surface area contributed by atoms with Crippen LogP contribution in [0.3, 0.4) is 0 Å². The minimum absolute atomic E-state index is 0. The van der Waals surface area contributed by atoms with Crippen molar-refractivity contribution >= 4 is 12.3 Å². The van der Waals surface area contributed by atoms with Gasteiger partial charge >= 0.3 is 51.4 Å². The molecule has 0 saturated carbocycles. The van der Waals surface area contributed by atoms with Gasteiger partial charge in [0.2, 0.25) is 0 Å². The van der Waals surface area contributed by atoms with E-state index in [0.29, 0.717) is 0 Å². The minimum Gasteiger partial charge on any atom is -0.541 e. The third-order valence-corrected chi connectivity index (χ3v) is 0.444. The first-order chi connectivity index (χ1) is 3.31. The summed E-state index contributed by atoms with van der Waals surface area (Å²) >= 11 is 0. The monoisotopic (exact) mass is 140 g/mol. The van der Waals surface area contributed by atoms with E-state index in [9.17, 15) is 9.59 Å². The van der Waals surface area contributed by atoms with Gasteiger partial charge in [0, 0.05) is 0 Å². The summed E-state index contributed by atoms with van der Waals surface area (Å²) in [4.78, 5) is 19.3. The van der Waals surface area contributed by atoms with Crippen molar-refractivity contribution in [3.05, 3.63) is 0 Å². The Hall–Kier alpha value is 0.776. The molecule has 0 rings (SSSR count). The summed E-state index contributed by atoms with van der Waals surface area (Å²) in [5.74, 6) is -0.546. The number of carbonyl (C=O) groups excluding carboxylic acids is 2. The third-order valence-electron chi connectivity index (χ3n) is 0.444. The molecule has 0 fully saturated rings. The van der Waals surface area contributed by atoms with Gasteiger partial charge in [-0.1, -0.05) is 6.42 Å². The summed E-state index contributed by atoms with van der Waals surface area (Å²) < 4.78 is 4.09. The van der Waals surface area contributed by atoms with Gasteiger partial charge < -0.3 is 9.53 Å². The van der Waals surface area contributed by atoms with E-state index in [1.54, 1.807) is 0 Å². The molecule has 0 aliphatic heterocycles. The fourth-order valence-corrected chi connectivity index (χ4v) is 0.131. The molecule has 3 nitrogen and oxygen atoms in total. The quantitative estimate of drug-likeness (QED) is 0.174. The van der Waals surface area contributed by atoms with Gasteiger partial charge in [0.1, 0.15) is 0 Å². The molecule has 0 amide bonds. The molecule has 0 bridgehead atoms. The molecule has 0 aromatic heterocycles. The van der Waals surface area contributed by atoms with Crippen molar-refractivity contribution in [2.45, 2.75) is 6.42 Å². The molecule has 0 aromatic rings. The molecule has 0 saturated heterocycles. The van der Waals surface area contributed by atoms with Crippen LogP contribution in [-0.4, -0.2) is 19.4 Å². The average Bonchev–Trinajstić information content (AvgIpc) is 1.68. The van der Waals surface area contributed by atoms with E-state index < -0.39 is 5.97 Å². The van der Waals surface area contributed by atoms with Crippen molar-refractivity contribution in [3.63, 3.8) is 0 Å². The van der Waals surface area contributed by atoms with Gasteiger partial charge in [0.25, 0.3) is 5.97 Å². The molecular weight excluding hydrogens is 135 g/mol. The molecular formula is C4H5KO3. The normalized spacial score (nSPS) is 6.62. The first kappa shape index (κ1) is 11.6. The van der Waals surface area contributed by atoms with E-state index in [-0.39, 0.29) is 57.8 Å². The van der Waals surface area contributed by atoms with Crippen LogP contribution in [0.15, 0.2) is 0 Å². The Morgan fingerprint density at radius 2 is 2.25 bits per heavy atom. The standard InChI is InChI=1S/C4H5O3.K/c1-7-4(6)2-3-5;/h2H2,1H3;/q-1;+1. The zero-order chi connectivity index (χ0) is 5.70. The Bertz CT molecular complexity index is 81.4. The second-order valence-corrected chi connectivity index (χ2v) is 0.897. The van der Waals surface area contributed by atoms with Crippen LogP contribution in [0.1, 0.15) is 6.42 Å². The van der Waals surface area contributed by atoms with Gasteiger partial charge in [-0.15, -0.1) is 0 Å². The average molecular weight is 140 g/mol. The number of hydrogen-bond donors (Lipinski definition) is 0. The number of esters is 1. The van der Waals surface area contributed by atoms with Crippen LogP contribution in [-0.2, 0) is 14.3 Å². The third kappa shape index (κ3) is 6.78. The van der Waals surface area contributed by atoms with Crippen LogP contribution in [0.2, 0.25) is 0 Å². The van der Waals surface area contributed by atoms with E-state index in [2.05, 4.69) is 4.74 Å². The number of methoxy groups -OCH3 is 1. The van der Waals surface area contributed by atoms with E-state index in [0.717, 1.165) is 0 Å². The predicted octanol–water partition coefficient (Wildman–Crippen LogP) is -3.34. The Balaban J connectivity index is 0. The molecule has 0 radical (unpaired) electrons. The van der Waals surface area contributed by atoms with Crippen LogP contribution in [0.5, 0.6) is 0 Å². The summed E-state index contributed by atoms with van der Waals surface area (Å²) in [6.07, 6.45) is 1.13. The SMILES string of the molecule is COC(=O)C[C-]=O.[K+]. The fourth-order valence-electron chi connectivity index (χ4n) is 0.131. The molecule has 0 atom stereocenters. The minimum atomic E-state index is -0.546. The van der Waals surface area contributed by atoms with Gasteiger partial charge in [0.15, 0.2) is 0 Å². The Kier molecular flexibility index (Phi) is 11.2. The Labute approximate surface area is 90.2 Å². The van der Waals surface area contributed by atoms with Gasteiger partial charge in [0.05, 0.1) is 7.11 Å². The van der Waals surface area contributed by atoms with Crippen molar-refractivity contribution in [1.82, 2.24) is 0 Å². The van der Waals surface area contributed by atoms with Crippen molar-refractivity contribution < 1.29 is 65.7 Å². The van der Waals surface area contributed by atoms with E-state index >= 15 is 0 Å². The maximum atomic E-state index is 9.93. The van der Waals surface area contributed by atoms with Gasteiger partial charge in [-0.3, -0.25) is 11.1 Å². The molecule has 0 heterocycles. The maximum Gasteiger partial charge on any atom is 1.00 e. The zero-order valence-electron chi connectivity index (χ0n) is 4.93. The summed E-state index contributed by atoms with van der Waals surface area (Å²) in [5.41, 5.74) is 0. The molecule has 4 heteroatoms. The van der Waals surface area contributed by atoms with E-state index in [4.69, 9.17) is 0 Å². The van der Waals surface area contributed by atoms with Crippen LogP contribution in [0.4, 0.5) is 0 Å². The van der Waals surface area contributed by atoms with E-state index in [1.165, 1.54) is 13.4 Å². The first-order valence-electron chi connectivity index (χ1n) is 1.73. The zero-order valence-corrected chi connectivity index (χ0v) is 8.05. The second-order valence-electron chi connectivity index (χ2n) is 0.897. The van der Waals surface area contributed by atoms with Crippen molar-refractivity contribution in [2.24, 2.45) is 0 Å². The molecule has 8 heavy (non-hydrogen) atoms. The molecule has 0 spiro atoms.